The van der Waals surface area contributed by atoms with E-state index in [1.165, 1.54) is 0 Å². The summed E-state index contributed by atoms with van der Waals surface area (Å²) in [5, 5.41) is 3.05. The first-order valence-electron chi connectivity index (χ1n) is 7.32. The fourth-order valence-electron chi connectivity index (χ4n) is 2.23. The molecule has 3 N–H and O–H groups in total. The van der Waals surface area contributed by atoms with Crippen molar-refractivity contribution in [1.29, 1.82) is 0 Å². The molecule has 0 amide bonds. The van der Waals surface area contributed by atoms with E-state index in [0.29, 0.717) is 18.3 Å². The number of rotatable bonds is 6. The van der Waals surface area contributed by atoms with Gasteiger partial charge in [0.2, 0.25) is 0 Å². The summed E-state index contributed by atoms with van der Waals surface area (Å²) in [5.41, 5.74) is 6.67. The molecule has 1 heterocycles. The van der Waals surface area contributed by atoms with Gasteiger partial charge in [-0.15, -0.1) is 24.0 Å². The molecule has 0 unspecified atom stereocenters. The molecule has 0 aromatic heterocycles. The summed E-state index contributed by atoms with van der Waals surface area (Å²) in [6.45, 7) is 5.00. The van der Waals surface area contributed by atoms with Crippen LogP contribution in [0.4, 0.5) is 5.69 Å². The number of methoxy groups -OCH3 is 2. The van der Waals surface area contributed by atoms with Crippen LogP contribution in [0.25, 0.3) is 0 Å². The van der Waals surface area contributed by atoms with Gasteiger partial charge in [-0.1, -0.05) is 0 Å². The Balaban J connectivity index is 0.00000264. The lowest BCUT2D eigenvalue weighted by Crippen LogP contribution is -2.38. The van der Waals surface area contributed by atoms with Gasteiger partial charge in [0.1, 0.15) is 11.5 Å². The summed E-state index contributed by atoms with van der Waals surface area (Å²) in [5.74, 6) is 1.77. The van der Waals surface area contributed by atoms with Crippen LogP contribution in [-0.2, 0) is 4.74 Å². The second kappa shape index (κ2) is 10.5. The lowest BCUT2D eigenvalue weighted by atomic mass is 10.2. The van der Waals surface area contributed by atoms with Gasteiger partial charge < -0.3 is 25.3 Å². The minimum Gasteiger partial charge on any atom is -0.497 e. The second-order valence-corrected chi connectivity index (χ2v) is 4.91. The second-order valence-electron chi connectivity index (χ2n) is 4.91. The van der Waals surface area contributed by atoms with Crippen LogP contribution in [0.1, 0.15) is 0 Å². The molecule has 2 rings (SSSR count). The van der Waals surface area contributed by atoms with Gasteiger partial charge in [0.05, 0.1) is 39.7 Å². The Morgan fingerprint density at radius 2 is 2.04 bits per heavy atom. The highest BCUT2D eigenvalue weighted by atomic mass is 127. The van der Waals surface area contributed by atoms with Crippen molar-refractivity contribution < 1.29 is 14.2 Å². The Kier molecular flexibility index (Phi) is 9.03. The number of nitrogens with two attached hydrogens (primary N) is 1. The molecule has 1 aromatic carbocycles. The third-order valence-corrected chi connectivity index (χ3v) is 3.47. The number of guanidine groups is 1. The Hall–Kier alpha value is -1.26. The quantitative estimate of drug-likeness (QED) is 0.399. The first-order chi connectivity index (χ1) is 10.7. The number of morpholine rings is 1. The van der Waals surface area contributed by atoms with Gasteiger partial charge in [-0.3, -0.25) is 9.89 Å². The molecule has 1 aromatic rings. The zero-order valence-electron chi connectivity index (χ0n) is 13.6. The van der Waals surface area contributed by atoms with Crippen LogP contribution >= 0.6 is 24.0 Å². The van der Waals surface area contributed by atoms with Crippen molar-refractivity contribution in [1.82, 2.24) is 4.90 Å². The molecule has 1 aliphatic heterocycles. The van der Waals surface area contributed by atoms with Gasteiger partial charge in [-0.25, -0.2) is 0 Å². The number of ether oxygens (including phenoxy) is 3. The molecule has 7 nitrogen and oxygen atoms in total. The molecule has 0 atom stereocenters. The van der Waals surface area contributed by atoms with Crippen LogP contribution in [0, 0.1) is 0 Å². The van der Waals surface area contributed by atoms with E-state index < -0.39 is 0 Å². The molecule has 1 fully saturated rings. The fraction of sp³-hybridized carbons (Fsp3) is 0.533. The van der Waals surface area contributed by atoms with Crippen molar-refractivity contribution in [3.8, 4) is 11.5 Å². The molecule has 0 bridgehead atoms. The molecule has 130 valence electrons. The monoisotopic (exact) mass is 436 g/mol. The zero-order chi connectivity index (χ0) is 15.8. The zero-order valence-corrected chi connectivity index (χ0v) is 15.9. The van der Waals surface area contributed by atoms with Crippen LogP contribution in [0.2, 0.25) is 0 Å². The molecular formula is C15H25IN4O3. The Labute approximate surface area is 154 Å². The number of anilines is 1. The van der Waals surface area contributed by atoms with Gasteiger partial charge in [-0.05, 0) is 12.1 Å². The van der Waals surface area contributed by atoms with Gasteiger partial charge in [0.15, 0.2) is 5.96 Å². The summed E-state index contributed by atoms with van der Waals surface area (Å²) in [6, 6.07) is 5.47. The number of nitrogens with zero attached hydrogens (tertiary/aromatic N) is 2. The number of hydrogen-bond acceptors (Lipinski definition) is 5. The van der Waals surface area contributed by atoms with Crippen LogP contribution in [-0.4, -0.2) is 64.5 Å². The summed E-state index contributed by atoms with van der Waals surface area (Å²) in [6.07, 6.45) is 0. The van der Waals surface area contributed by atoms with Crippen molar-refractivity contribution in [2.45, 2.75) is 0 Å². The van der Waals surface area contributed by atoms with Crippen LogP contribution in [0.5, 0.6) is 11.5 Å². The van der Waals surface area contributed by atoms with E-state index in [9.17, 15) is 0 Å². The van der Waals surface area contributed by atoms with Gasteiger partial charge in [0.25, 0.3) is 0 Å². The largest absolute Gasteiger partial charge is 0.497 e. The van der Waals surface area contributed by atoms with E-state index in [1.54, 1.807) is 14.2 Å². The average molecular weight is 436 g/mol. The number of benzene rings is 1. The van der Waals surface area contributed by atoms with Gasteiger partial charge in [0, 0.05) is 25.7 Å². The predicted molar refractivity (Wildman–Crippen MR) is 102 cm³/mol. The Bertz CT molecular complexity index is 507. The third-order valence-electron chi connectivity index (χ3n) is 3.47. The Morgan fingerprint density at radius 1 is 1.30 bits per heavy atom. The molecule has 1 saturated heterocycles. The van der Waals surface area contributed by atoms with E-state index in [2.05, 4.69) is 15.2 Å². The molecule has 8 heteroatoms. The lowest BCUT2D eigenvalue weighted by molar-refractivity contribution is 0.0394. The third kappa shape index (κ3) is 6.40. The fourth-order valence-corrected chi connectivity index (χ4v) is 2.23. The molecule has 1 aliphatic rings. The average Bonchev–Trinajstić information content (AvgIpc) is 2.55. The maximum absolute atomic E-state index is 5.94. The van der Waals surface area contributed by atoms with Crippen LogP contribution in [0.3, 0.4) is 0 Å². The van der Waals surface area contributed by atoms with E-state index in [0.717, 1.165) is 44.3 Å². The standard InChI is InChI=1S/C15H24N4O3.HI/c1-20-12-3-4-14(21-2)13(11-12)18-15(16)17-5-6-19-7-9-22-10-8-19;/h3-4,11H,5-10H2,1-2H3,(H3,16,17,18);1H. The molecule has 23 heavy (non-hydrogen) atoms. The smallest absolute Gasteiger partial charge is 0.193 e. The summed E-state index contributed by atoms with van der Waals surface area (Å²) < 4.78 is 15.8. The molecule has 0 spiro atoms. The highest BCUT2D eigenvalue weighted by Crippen LogP contribution is 2.28. The maximum atomic E-state index is 5.94. The van der Waals surface area contributed by atoms with Crippen molar-refractivity contribution in [3.05, 3.63) is 18.2 Å². The predicted octanol–water partition coefficient (Wildman–Crippen LogP) is 1.38. The van der Waals surface area contributed by atoms with E-state index in [-0.39, 0.29) is 24.0 Å². The molecular weight excluding hydrogens is 411 g/mol. The van der Waals surface area contributed by atoms with Crippen LogP contribution in [0.15, 0.2) is 23.2 Å². The van der Waals surface area contributed by atoms with E-state index >= 15 is 0 Å². The maximum Gasteiger partial charge on any atom is 0.193 e. The van der Waals surface area contributed by atoms with Crippen molar-refractivity contribution in [2.75, 3.05) is 58.9 Å². The molecule has 0 radical (unpaired) electrons. The SMILES string of the molecule is COc1ccc(OC)c(NC(N)=NCCN2CCOCC2)c1.I. The van der Waals surface area contributed by atoms with Crippen LogP contribution < -0.4 is 20.5 Å². The lowest BCUT2D eigenvalue weighted by Gasteiger charge is -2.25. The van der Waals surface area contributed by atoms with Crippen molar-refractivity contribution in [3.63, 3.8) is 0 Å². The minimum atomic E-state index is 0. The topological polar surface area (TPSA) is 81.3 Å². The van der Waals surface area contributed by atoms with Crippen molar-refractivity contribution >= 4 is 35.6 Å². The van der Waals surface area contributed by atoms with Gasteiger partial charge in [-0.2, -0.15) is 0 Å². The Morgan fingerprint density at radius 3 is 2.70 bits per heavy atom. The number of halogens is 1. The minimum absolute atomic E-state index is 0. The highest BCUT2D eigenvalue weighted by molar-refractivity contribution is 14.0. The number of hydrogen-bond donors (Lipinski definition) is 2. The number of aliphatic imine (C=N–C) groups is 1. The molecule has 0 saturated carbocycles. The normalized spacial score (nSPS) is 15.7. The number of nitrogens with one attached hydrogen (secondary N) is 1. The first kappa shape index (κ1) is 19.8. The summed E-state index contributed by atoms with van der Waals surface area (Å²) in [4.78, 5) is 6.66. The molecule has 0 aliphatic carbocycles. The first-order valence-corrected chi connectivity index (χ1v) is 7.32. The summed E-state index contributed by atoms with van der Waals surface area (Å²) >= 11 is 0. The van der Waals surface area contributed by atoms with Gasteiger partial charge >= 0.3 is 0 Å². The van der Waals surface area contributed by atoms with E-state index in [1.807, 2.05) is 18.2 Å². The van der Waals surface area contributed by atoms with Crippen molar-refractivity contribution in [2.24, 2.45) is 10.7 Å². The highest BCUT2D eigenvalue weighted by Gasteiger charge is 2.09. The van der Waals surface area contributed by atoms with E-state index in [4.69, 9.17) is 19.9 Å². The summed E-state index contributed by atoms with van der Waals surface area (Å²) in [7, 11) is 3.23.